The third kappa shape index (κ3) is 16.2. The molecule has 0 saturated heterocycles. The molecule has 2 atom stereocenters. The molecule has 0 saturated carbocycles. The standard InChI is InChI=1S/C21H44/c1-5-7-9-11-12-14-16-18-21(4)19-20(3)17-15-13-10-8-6-2/h20-21H,5-19H2,1-4H3. The Morgan fingerprint density at radius 1 is 0.476 bits per heavy atom. The summed E-state index contributed by atoms with van der Waals surface area (Å²) in [6.45, 7) is 9.55. The first-order valence-corrected chi connectivity index (χ1v) is 10.2. The smallest absolute Gasteiger partial charge is 0.0440 e. The van der Waals surface area contributed by atoms with Gasteiger partial charge in [0, 0.05) is 0 Å². The number of hydrogen-bond acceptors (Lipinski definition) is 0. The highest BCUT2D eigenvalue weighted by molar-refractivity contribution is 4.61. The SMILES string of the molecule is CCCCCCCCCC(C)CC(C)CCCCCCC. The van der Waals surface area contributed by atoms with Crippen molar-refractivity contribution in [1.82, 2.24) is 0 Å². The predicted octanol–water partition coefficient (Wildman–Crippen LogP) is 8.15. The fourth-order valence-corrected chi connectivity index (χ4v) is 3.47. The van der Waals surface area contributed by atoms with Crippen molar-refractivity contribution in [1.29, 1.82) is 0 Å². The first-order valence-electron chi connectivity index (χ1n) is 10.2. The lowest BCUT2D eigenvalue weighted by Crippen LogP contribution is -2.03. The Bertz CT molecular complexity index is 184. The van der Waals surface area contributed by atoms with Crippen molar-refractivity contribution in [3.05, 3.63) is 0 Å². The highest BCUT2D eigenvalue weighted by Crippen LogP contribution is 2.22. The van der Waals surface area contributed by atoms with Gasteiger partial charge in [-0.1, -0.05) is 118 Å². The molecule has 0 rings (SSSR count). The lowest BCUT2D eigenvalue weighted by Gasteiger charge is -2.17. The molecule has 0 aliphatic carbocycles. The van der Waals surface area contributed by atoms with Gasteiger partial charge in [0.15, 0.2) is 0 Å². The van der Waals surface area contributed by atoms with Crippen LogP contribution in [0.4, 0.5) is 0 Å². The third-order valence-corrected chi connectivity index (χ3v) is 4.91. The van der Waals surface area contributed by atoms with Gasteiger partial charge in [-0.2, -0.15) is 0 Å². The van der Waals surface area contributed by atoms with E-state index in [1.54, 1.807) is 0 Å². The molecule has 0 spiro atoms. The molecular formula is C21H44. The Labute approximate surface area is 136 Å². The Balaban J connectivity index is 3.32. The second-order valence-electron chi connectivity index (χ2n) is 7.56. The van der Waals surface area contributed by atoms with E-state index in [-0.39, 0.29) is 0 Å². The molecule has 0 N–H and O–H groups in total. The minimum absolute atomic E-state index is 0.950. The Morgan fingerprint density at radius 3 is 1.19 bits per heavy atom. The number of unbranched alkanes of at least 4 members (excludes halogenated alkanes) is 10. The van der Waals surface area contributed by atoms with Crippen LogP contribution < -0.4 is 0 Å². The maximum absolute atomic E-state index is 2.48. The largest absolute Gasteiger partial charge is 0.0654 e. The van der Waals surface area contributed by atoms with E-state index < -0.39 is 0 Å². The van der Waals surface area contributed by atoms with Gasteiger partial charge < -0.3 is 0 Å². The first-order chi connectivity index (χ1) is 10.2. The molecule has 0 heterocycles. The molecule has 0 nitrogen and oxygen atoms in total. The van der Waals surface area contributed by atoms with Gasteiger partial charge in [-0.05, 0) is 18.3 Å². The molecular weight excluding hydrogens is 252 g/mol. The van der Waals surface area contributed by atoms with E-state index >= 15 is 0 Å². The molecule has 0 aromatic heterocycles. The highest BCUT2D eigenvalue weighted by atomic mass is 14.1. The molecule has 0 radical (unpaired) electrons. The van der Waals surface area contributed by atoms with E-state index in [2.05, 4.69) is 27.7 Å². The van der Waals surface area contributed by atoms with E-state index in [4.69, 9.17) is 0 Å². The highest BCUT2D eigenvalue weighted by Gasteiger charge is 2.08. The van der Waals surface area contributed by atoms with Crippen LogP contribution >= 0.6 is 0 Å². The average Bonchev–Trinajstić information content (AvgIpc) is 2.46. The van der Waals surface area contributed by atoms with Crippen LogP contribution in [0.15, 0.2) is 0 Å². The van der Waals surface area contributed by atoms with Crippen molar-refractivity contribution < 1.29 is 0 Å². The fraction of sp³-hybridized carbons (Fsp3) is 1.00. The molecule has 0 fully saturated rings. The number of rotatable bonds is 16. The monoisotopic (exact) mass is 296 g/mol. The first kappa shape index (κ1) is 21.0. The summed E-state index contributed by atoms with van der Waals surface area (Å²) in [5, 5.41) is 0. The van der Waals surface area contributed by atoms with Crippen molar-refractivity contribution in [3.8, 4) is 0 Å². The predicted molar refractivity (Wildman–Crippen MR) is 98.9 cm³/mol. The van der Waals surface area contributed by atoms with Crippen LogP contribution in [0, 0.1) is 11.8 Å². The van der Waals surface area contributed by atoms with Gasteiger partial charge in [-0.15, -0.1) is 0 Å². The fourth-order valence-electron chi connectivity index (χ4n) is 3.47. The lowest BCUT2D eigenvalue weighted by molar-refractivity contribution is 0.356. The summed E-state index contributed by atoms with van der Waals surface area (Å²) in [7, 11) is 0. The molecule has 0 aromatic rings. The maximum atomic E-state index is 2.48. The van der Waals surface area contributed by atoms with Crippen molar-refractivity contribution in [2.24, 2.45) is 11.8 Å². The van der Waals surface area contributed by atoms with E-state index in [0.29, 0.717) is 0 Å². The summed E-state index contributed by atoms with van der Waals surface area (Å²) in [5.74, 6) is 1.90. The van der Waals surface area contributed by atoms with Crippen molar-refractivity contribution in [2.45, 2.75) is 124 Å². The number of hydrogen-bond donors (Lipinski definition) is 0. The van der Waals surface area contributed by atoms with Crippen molar-refractivity contribution in [2.75, 3.05) is 0 Å². The minimum atomic E-state index is 0.950. The molecule has 0 heteroatoms. The average molecular weight is 297 g/mol. The molecule has 21 heavy (non-hydrogen) atoms. The van der Waals surface area contributed by atoms with Crippen molar-refractivity contribution >= 4 is 0 Å². The quantitative estimate of drug-likeness (QED) is 0.252. The summed E-state index contributed by atoms with van der Waals surface area (Å²) in [6, 6.07) is 0. The molecule has 0 aliphatic rings. The summed E-state index contributed by atoms with van der Waals surface area (Å²) in [5.41, 5.74) is 0. The normalized spacial score (nSPS) is 14.3. The van der Waals surface area contributed by atoms with Crippen LogP contribution in [0.2, 0.25) is 0 Å². The van der Waals surface area contributed by atoms with Crippen LogP contribution in [0.25, 0.3) is 0 Å². The van der Waals surface area contributed by atoms with Crippen LogP contribution in [-0.2, 0) is 0 Å². The Kier molecular flexibility index (Phi) is 16.4. The van der Waals surface area contributed by atoms with Crippen molar-refractivity contribution in [3.63, 3.8) is 0 Å². The zero-order valence-electron chi connectivity index (χ0n) is 15.8. The van der Waals surface area contributed by atoms with Gasteiger partial charge in [-0.3, -0.25) is 0 Å². The van der Waals surface area contributed by atoms with Gasteiger partial charge in [-0.25, -0.2) is 0 Å². The van der Waals surface area contributed by atoms with E-state index in [1.165, 1.54) is 96.3 Å². The summed E-state index contributed by atoms with van der Waals surface area (Å²) < 4.78 is 0. The minimum Gasteiger partial charge on any atom is -0.0654 e. The molecule has 0 bridgehead atoms. The summed E-state index contributed by atoms with van der Waals surface area (Å²) in [6.07, 6.45) is 21.7. The van der Waals surface area contributed by atoms with Gasteiger partial charge in [0.2, 0.25) is 0 Å². The Hall–Kier alpha value is 0. The van der Waals surface area contributed by atoms with Crippen LogP contribution in [0.1, 0.15) is 124 Å². The third-order valence-electron chi connectivity index (χ3n) is 4.91. The zero-order valence-corrected chi connectivity index (χ0v) is 15.8. The van der Waals surface area contributed by atoms with Crippen LogP contribution in [0.5, 0.6) is 0 Å². The van der Waals surface area contributed by atoms with Gasteiger partial charge in [0.05, 0.1) is 0 Å². The molecule has 0 aliphatic heterocycles. The van der Waals surface area contributed by atoms with Crippen LogP contribution in [0.3, 0.4) is 0 Å². The summed E-state index contributed by atoms with van der Waals surface area (Å²) >= 11 is 0. The van der Waals surface area contributed by atoms with E-state index in [1.807, 2.05) is 0 Å². The van der Waals surface area contributed by atoms with Crippen LogP contribution in [-0.4, -0.2) is 0 Å². The van der Waals surface area contributed by atoms with E-state index in [0.717, 1.165) is 11.8 Å². The van der Waals surface area contributed by atoms with Gasteiger partial charge in [0.1, 0.15) is 0 Å². The van der Waals surface area contributed by atoms with Gasteiger partial charge >= 0.3 is 0 Å². The topological polar surface area (TPSA) is 0 Å². The summed E-state index contributed by atoms with van der Waals surface area (Å²) in [4.78, 5) is 0. The maximum Gasteiger partial charge on any atom is -0.0440 e. The Morgan fingerprint density at radius 2 is 0.810 bits per heavy atom. The molecule has 0 aromatic carbocycles. The zero-order chi connectivity index (χ0) is 15.8. The molecule has 0 amide bonds. The molecule has 2 unspecified atom stereocenters. The second kappa shape index (κ2) is 16.4. The van der Waals surface area contributed by atoms with Gasteiger partial charge in [0.25, 0.3) is 0 Å². The van der Waals surface area contributed by atoms with E-state index in [9.17, 15) is 0 Å². The lowest BCUT2D eigenvalue weighted by atomic mass is 9.89. The molecule has 128 valence electrons. The second-order valence-corrected chi connectivity index (χ2v) is 7.56.